The average Bonchev–Trinajstić information content (AvgIpc) is 2.35. The highest BCUT2D eigenvalue weighted by atomic mass is 16.5. The molecule has 0 N–H and O–H groups in total. The van der Waals surface area contributed by atoms with Crippen molar-refractivity contribution in [1.29, 1.82) is 0 Å². The fourth-order valence-electron chi connectivity index (χ4n) is 2.09. The zero-order valence-electron chi connectivity index (χ0n) is 8.62. The number of hydrogen-bond acceptors (Lipinski definition) is 1. The van der Waals surface area contributed by atoms with Crippen LogP contribution in [-0.2, 0) is 4.74 Å². The molecular weight excluding hydrogens is 136 g/mol. The van der Waals surface area contributed by atoms with Crippen LogP contribution >= 0.6 is 0 Å². The van der Waals surface area contributed by atoms with E-state index in [1.54, 1.807) is 7.11 Å². The molecule has 1 aliphatic carbocycles. The maximum atomic E-state index is 5.50. The second kappa shape index (κ2) is 2.01. The zero-order chi connectivity index (χ0) is 8.91. The van der Waals surface area contributed by atoms with Gasteiger partial charge in [-0.15, -0.1) is 0 Å². The predicted octanol–water partition coefficient (Wildman–Crippen LogP) is 2.85. The van der Waals surface area contributed by atoms with Crippen molar-refractivity contribution in [2.24, 2.45) is 10.8 Å². The highest BCUT2D eigenvalue weighted by Gasteiger charge is 2.65. The van der Waals surface area contributed by atoms with Crippen molar-refractivity contribution in [1.82, 2.24) is 0 Å². The molecule has 1 rings (SSSR count). The van der Waals surface area contributed by atoms with Crippen molar-refractivity contribution in [3.05, 3.63) is 0 Å². The highest BCUT2D eigenvalue weighted by molar-refractivity contribution is 5.14. The molecule has 1 aliphatic rings. The molecule has 0 radical (unpaired) electrons. The molecule has 0 heterocycles. The standard InChI is InChI=1S/C10H20O/c1-8(2)7-10(8,5)9(3,4)11-6/h7H2,1-6H3. The Morgan fingerprint density at radius 1 is 1.18 bits per heavy atom. The number of methoxy groups -OCH3 is 1. The van der Waals surface area contributed by atoms with Crippen LogP contribution in [0.5, 0.6) is 0 Å². The molecule has 0 bridgehead atoms. The molecular formula is C10H20O. The molecule has 11 heavy (non-hydrogen) atoms. The highest BCUT2D eigenvalue weighted by Crippen LogP contribution is 2.69. The summed E-state index contributed by atoms with van der Waals surface area (Å²) in [5.74, 6) is 0. The van der Waals surface area contributed by atoms with Crippen molar-refractivity contribution in [3.63, 3.8) is 0 Å². The number of ether oxygens (including phenoxy) is 1. The van der Waals surface area contributed by atoms with Crippen molar-refractivity contribution < 1.29 is 4.74 Å². The third-order valence-corrected chi connectivity index (χ3v) is 4.00. The lowest BCUT2D eigenvalue weighted by atomic mass is 9.83. The summed E-state index contributed by atoms with van der Waals surface area (Å²) in [6, 6.07) is 0. The molecule has 0 amide bonds. The first-order valence-electron chi connectivity index (χ1n) is 4.32. The van der Waals surface area contributed by atoms with E-state index in [2.05, 4.69) is 34.6 Å². The van der Waals surface area contributed by atoms with Gasteiger partial charge in [-0.3, -0.25) is 0 Å². The van der Waals surface area contributed by atoms with Gasteiger partial charge in [0.05, 0.1) is 5.60 Å². The van der Waals surface area contributed by atoms with Crippen molar-refractivity contribution >= 4 is 0 Å². The molecule has 1 saturated carbocycles. The second-order valence-corrected chi connectivity index (χ2v) is 5.11. The average molecular weight is 156 g/mol. The summed E-state index contributed by atoms with van der Waals surface area (Å²) >= 11 is 0. The molecule has 1 heteroatoms. The summed E-state index contributed by atoms with van der Waals surface area (Å²) in [7, 11) is 1.81. The minimum Gasteiger partial charge on any atom is -0.378 e. The number of rotatable bonds is 2. The molecule has 0 saturated heterocycles. The van der Waals surface area contributed by atoms with Gasteiger partial charge in [-0.1, -0.05) is 20.8 Å². The van der Waals surface area contributed by atoms with Gasteiger partial charge < -0.3 is 4.74 Å². The van der Waals surface area contributed by atoms with Crippen LogP contribution in [0.4, 0.5) is 0 Å². The molecule has 0 aromatic rings. The third kappa shape index (κ3) is 1.01. The largest absolute Gasteiger partial charge is 0.378 e. The Balaban J connectivity index is 2.78. The van der Waals surface area contributed by atoms with Gasteiger partial charge in [0.25, 0.3) is 0 Å². The molecule has 0 spiro atoms. The first-order chi connectivity index (χ1) is 4.77. The van der Waals surface area contributed by atoms with Crippen LogP contribution in [0.15, 0.2) is 0 Å². The molecule has 1 atom stereocenters. The smallest absolute Gasteiger partial charge is 0.0681 e. The molecule has 0 aromatic heterocycles. The fourth-order valence-corrected chi connectivity index (χ4v) is 2.09. The van der Waals surface area contributed by atoms with E-state index in [1.807, 2.05) is 0 Å². The normalized spacial score (nSPS) is 35.5. The van der Waals surface area contributed by atoms with Crippen LogP contribution in [0.1, 0.15) is 41.0 Å². The lowest BCUT2D eigenvalue weighted by Crippen LogP contribution is -2.36. The van der Waals surface area contributed by atoms with E-state index < -0.39 is 0 Å². The summed E-state index contributed by atoms with van der Waals surface area (Å²) in [5, 5.41) is 0. The monoisotopic (exact) mass is 156 g/mol. The lowest BCUT2D eigenvalue weighted by molar-refractivity contribution is -0.0471. The summed E-state index contributed by atoms with van der Waals surface area (Å²) in [4.78, 5) is 0. The van der Waals surface area contributed by atoms with Crippen molar-refractivity contribution in [2.75, 3.05) is 7.11 Å². The number of hydrogen-bond donors (Lipinski definition) is 0. The fraction of sp³-hybridized carbons (Fsp3) is 1.00. The van der Waals surface area contributed by atoms with Crippen LogP contribution in [0.2, 0.25) is 0 Å². The van der Waals surface area contributed by atoms with E-state index in [9.17, 15) is 0 Å². The summed E-state index contributed by atoms with van der Waals surface area (Å²) in [6.45, 7) is 11.3. The first-order valence-corrected chi connectivity index (χ1v) is 4.32. The van der Waals surface area contributed by atoms with Crippen LogP contribution in [0.3, 0.4) is 0 Å². The molecule has 1 nitrogen and oxygen atoms in total. The lowest BCUT2D eigenvalue weighted by Gasteiger charge is -2.33. The van der Waals surface area contributed by atoms with Crippen LogP contribution in [0.25, 0.3) is 0 Å². The van der Waals surface area contributed by atoms with Gasteiger partial charge in [0.1, 0.15) is 0 Å². The maximum absolute atomic E-state index is 5.50. The van der Waals surface area contributed by atoms with Crippen LogP contribution in [0, 0.1) is 10.8 Å². The van der Waals surface area contributed by atoms with Gasteiger partial charge in [0.2, 0.25) is 0 Å². The topological polar surface area (TPSA) is 9.23 Å². The Kier molecular flexibility index (Phi) is 1.65. The Hall–Kier alpha value is -0.0400. The SMILES string of the molecule is COC(C)(C)C1(C)CC1(C)C. The molecule has 1 unspecified atom stereocenters. The van der Waals surface area contributed by atoms with Crippen LogP contribution in [-0.4, -0.2) is 12.7 Å². The summed E-state index contributed by atoms with van der Waals surface area (Å²) < 4.78 is 5.50. The van der Waals surface area contributed by atoms with E-state index >= 15 is 0 Å². The predicted molar refractivity (Wildman–Crippen MR) is 47.6 cm³/mol. The minimum atomic E-state index is 0.0243. The molecule has 66 valence electrons. The van der Waals surface area contributed by atoms with Crippen LogP contribution < -0.4 is 0 Å². The van der Waals surface area contributed by atoms with Gasteiger partial charge in [-0.2, -0.15) is 0 Å². The van der Waals surface area contributed by atoms with E-state index in [0.717, 1.165) is 0 Å². The van der Waals surface area contributed by atoms with Gasteiger partial charge in [0, 0.05) is 12.5 Å². The Morgan fingerprint density at radius 2 is 1.55 bits per heavy atom. The zero-order valence-corrected chi connectivity index (χ0v) is 8.62. The second-order valence-electron chi connectivity index (χ2n) is 5.11. The Morgan fingerprint density at radius 3 is 1.64 bits per heavy atom. The molecule has 0 aromatic carbocycles. The van der Waals surface area contributed by atoms with E-state index in [0.29, 0.717) is 10.8 Å². The quantitative estimate of drug-likeness (QED) is 0.597. The third-order valence-electron chi connectivity index (χ3n) is 4.00. The van der Waals surface area contributed by atoms with Gasteiger partial charge in [-0.05, 0) is 25.7 Å². The molecule has 1 fully saturated rings. The van der Waals surface area contributed by atoms with Gasteiger partial charge in [-0.25, -0.2) is 0 Å². The van der Waals surface area contributed by atoms with Crippen molar-refractivity contribution in [3.8, 4) is 0 Å². The summed E-state index contributed by atoms with van der Waals surface area (Å²) in [5.41, 5.74) is 0.859. The van der Waals surface area contributed by atoms with Gasteiger partial charge >= 0.3 is 0 Å². The van der Waals surface area contributed by atoms with E-state index in [1.165, 1.54) is 6.42 Å². The minimum absolute atomic E-state index is 0.0243. The van der Waals surface area contributed by atoms with E-state index in [4.69, 9.17) is 4.74 Å². The Bertz CT molecular complexity index is 170. The van der Waals surface area contributed by atoms with E-state index in [-0.39, 0.29) is 5.60 Å². The van der Waals surface area contributed by atoms with Crippen molar-refractivity contribution in [2.45, 2.75) is 46.6 Å². The van der Waals surface area contributed by atoms with Gasteiger partial charge in [0.15, 0.2) is 0 Å². The Labute approximate surface area is 70.1 Å². The first kappa shape index (κ1) is 9.05. The molecule has 0 aliphatic heterocycles. The maximum Gasteiger partial charge on any atom is 0.0681 e. The summed E-state index contributed by atoms with van der Waals surface area (Å²) in [6.07, 6.45) is 1.28.